The van der Waals surface area contributed by atoms with Crippen LogP contribution in [0.15, 0.2) is 36.5 Å². The van der Waals surface area contributed by atoms with Crippen molar-refractivity contribution in [2.45, 2.75) is 57.5 Å². The summed E-state index contributed by atoms with van der Waals surface area (Å²) in [7, 11) is 0. The van der Waals surface area contributed by atoms with E-state index in [0.717, 1.165) is 25.0 Å². The molecule has 3 aromatic rings. The second-order valence-corrected chi connectivity index (χ2v) is 7.73. The van der Waals surface area contributed by atoms with Crippen LogP contribution in [0.2, 0.25) is 0 Å². The Hall–Kier alpha value is -2.49. The van der Waals surface area contributed by atoms with E-state index in [-0.39, 0.29) is 0 Å². The van der Waals surface area contributed by atoms with Crippen molar-refractivity contribution in [3.8, 4) is 11.4 Å². The number of rotatable bonds is 2. The molecule has 0 radical (unpaired) electrons. The van der Waals surface area contributed by atoms with Gasteiger partial charge in [-0.3, -0.25) is 0 Å². The number of carboxylic acid groups (broad SMARTS) is 1. The number of aromatic nitrogens is 2. The Labute approximate surface area is 153 Å². The highest BCUT2D eigenvalue weighted by molar-refractivity contribution is 5.98. The highest BCUT2D eigenvalue weighted by Gasteiger charge is 2.28. The van der Waals surface area contributed by atoms with E-state index in [1.165, 1.54) is 54.4 Å². The van der Waals surface area contributed by atoms with Crippen molar-refractivity contribution in [1.82, 2.24) is 9.13 Å². The molecule has 0 amide bonds. The Morgan fingerprint density at radius 2 is 1.88 bits per heavy atom. The molecule has 0 spiro atoms. The normalized spacial score (nSPS) is 17.7. The van der Waals surface area contributed by atoms with Gasteiger partial charge in [0.05, 0.1) is 17.0 Å². The minimum absolute atomic E-state index is 0.382. The van der Waals surface area contributed by atoms with Gasteiger partial charge in [-0.2, -0.15) is 0 Å². The van der Waals surface area contributed by atoms with Crippen molar-refractivity contribution in [3.63, 3.8) is 0 Å². The van der Waals surface area contributed by atoms with Crippen LogP contribution in [-0.2, 0) is 13.1 Å². The van der Waals surface area contributed by atoms with Crippen molar-refractivity contribution < 1.29 is 9.90 Å². The van der Waals surface area contributed by atoms with Gasteiger partial charge in [0.25, 0.3) is 0 Å². The van der Waals surface area contributed by atoms with Gasteiger partial charge in [0.1, 0.15) is 0 Å². The van der Waals surface area contributed by atoms with Crippen molar-refractivity contribution in [1.29, 1.82) is 0 Å². The summed E-state index contributed by atoms with van der Waals surface area (Å²) in [6.07, 6.45) is 9.66. The molecule has 1 aliphatic carbocycles. The molecule has 1 saturated carbocycles. The third-order valence-electron chi connectivity index (χ3n) is 6.22. The number of aromatic carboxylic acids is 1. The van der Waals surface area contributed by atoms with Gasteiger partial charge in [0.15, 0.2) is 0 Å². The lowest BCUT2D eigenvalue weighted by molar-refractivity contribution is 0.0697. The quantitative estimate of drug-likeness (QED) is 0.687. The minimum Gasteiger partial charge on any atom is -0.478 e. The third-order valence-corrected chi connectivity index (χ3v) is 6.22. The monoisotopic (exact) mass is 348 g/mol. The maximum atomic E-state index is 11.5. The fourth-order valence-electron chi connectivity index (χ4n) is 5.05. The standard InChI is InChI=1S/C22H24N2O2/c25-22(26)16-9-10-17-19(14-16)24-13-5-12-23-11-4-8-18(23)21(24)20(17)15-6-2-1-3-7-15/h4,8-11,14-15H,1-3,5-7,12-13H2,(H,25,26). The van der Waals surface area contributed by atoms with Crippen molar-refractivity contribution >= 4 is 16.9 Å². The predicted octanol–water partition coefficient (Wildman–Crippen LogP) is 5.26. The Bertz CT molecular complexity index is 989. The Balaban J connectivity index is 1.83. The molecule has 0 unspecified atom stereocenters. The summed E-state index contributed by atoms with van der Waals surface area (Å²) in [5.74, 6) is -0.265. The number of nitrogens with zero attached hydrogens (tertiary/aromatic N) is 2. The number of aryl methyl sites for hydroxylation is 2. The van der Waals surface area contributed by atoms with Crippen LogP contribution in [0.1, 0.15) is 60.4 Å². The van der Waals surface area contributed by atoms with Crippen LogP contribution in [0.3, 0.4) is 0 Å². The molecule has 134 valence electrons. The lowest BCUT2D eigenvalue weighted by Gasteiger charge is -2.23. The molecule has 1 fully saturated rings. The van der Waals surface area contributed by atoms with Crippen LogP contribution in [0, 0.1) is 0 Å². The molecule has 4 nitrogen and oxygen atoms in total. The number of carboxylic acids is 1. The first kappa shape index (κ1) is 15.7. The Morgan fingerprint density at radius 1 is 1.04 bits per heavy atom. The van der Waals surface area contributed by atoms with E-state index < -0.39 is 5.97 Å². The maximum Gasteiger partial charge on any atom is 0.335 e. The second kappa shape index (κ2) is 6.04. The van der Waals surface area contributed by atoms with Crippen LogP contribution in [0.5, 0.6) is 0 Å². The number of fused-ring (bicyclic) bond motifs is 5. The molecule has 3 heterocycles. The Morgan fingerprint density at radius 3 is 2.69 bits per heavy atom. The molecule has 0 atom stereocenters. The summed E-state index contributed by atoms with van der Waals surface area (Å²) in [5.41, 5.74) is 5.55. The molecule has 1 N–H and O–H groups in total. The lowest BCUT2D eigenvalue weighted by Crippen LogP contribution is -2.07. The van der Waals surface area contributed by atoms with E-state index in [1.54, 1.807) is 6.07 Å². The largest absolute Gasteiger partial charge is 0.478 e. The van der Waals surface area contributed by atoms with Gasteiger partial charge < -0.3 is 14.2 Å². The minimum atomic E-state index is -0.848. The molecule has 0 saturated heterocycles. The van der Waals surface area contributed by atoms with Gasteiger partial charge in [0.2, 0.25) is 0 Å². The summed E-state index contributed by atoms with van der Waals surface area (Å²) >= 11 is 0. The molecule has 4 heteroatoms. The summed E-state index contributed by atoms with van der Waals surface area (Å²) in [6, 6.07) is 10.1. The molecular weight excluding hydrogens is 324 g/mol. The first-order chi connectivity index (χ1) is 12.7. The molecule has 2 aliphatic rings. The number of hydrogen-bond acceptors (Lipinski definition) is 1. The van der Waals surface area contributed by atoms with Crippen LogP contribution >= 0.6 is 0 Å². The number of hydrogen-bond donors (Lipinski definition) is 1. The van der Waals surface area contributed by atoms with E-state index in [9.17, 15) is 9.90 Å². The fourth-order valence-corrected chi connectivity index (χ4v) is 5.05. The highest BCUT2D eigenvalue weighted by atomic mass is 16.4. The van der Waals surface area contributed by atoms with Gasteiger partial charge in [-0.15, -0.1) is 0 Å². The average molecular weight is 348 g/mol. The Kier molecular flexibility index (Phi) is 3.66. The van der Waals surface area contributed by atoms with Crippen molar-refractivity contribution in [2.24, 2.45) is 0 Å². The van der Waals surface area contributed by atoms with Crippen molar-refractivity contribution in [3.05, 3.63) is 47.7 Å². The van der Waals surface area contributed by atoms with Gasteiger partial charge in [0, 0.05) is 30.2 Å². The summed E-state index contributed by atoms with van der Waals surface area (Å²) < 4.78 is 4.76. The maximum absolute atomic E-state index is 11.5. The van der Waals surface area contributed by atoms with Gasteiger partial charge in [-0.05, 0) is 55.0 Å². The SMILES string of the molecule is O=C(O)c1ccc2c(C3CCCCC3)c3n(c2c1)CCCn1cccc1-3. The van der Waals surface area contributed by atoms with Crippen LogP contribution in [0.25, 0.3) is 22.3 Å². The third kappa shape index (κ3) is 2.32. The highest BCUT2D eigenvalue weighted by Crippen LogP contribution is 2.45. The van der Waals surface area contributed by atoms with E-state index in [2.05, 4.69) is 33.5 Å². The first-order valence-corrected chi connectivity index (χ1v) is 9.79. The smallest absolute Gasteiger partial charge is 0.335 e. The zero-order chi connectivity index (χ0) is 17.7. The average Bonchev–Trinajstić information content (AvgIpc) is 3.20. The number of carbonyl (C=O) groups is 1. The molecule has 0 bridgehead atoms. The molecule has 26 heavy (non-hydrogen) atoms. The number of benzene rings is 1. The van der Waals surface area contributed by atoms with E-state index in [1.807, 2.05) is 6.07 Å². The van der Waals surface area contributed by atoms with Crippen LogP contribution in [0.4, 0.5) is 0 Å². The van der Waals surface area contributed by atoms with Gasteiger partial charge >= 0.3 is 5.97 Å². The second-order valence-electron chi connectivity index (χ2n) is 7.73. The summed E-state index contributed by atoms with van der Waals surface area (Å²) in [4.78, 5) is 11.5. The molecule has 2 aromatic heterocycles. The van der Waals surface area contributed by atoms with E-state index in [0.29, 0.717) is 11.5 Å². The van der Waals surface area contributed by atoms with Crippen molar-refractivity contribution in [2.75, 3.05) is 0 Å². The summed E-state index contributed by atoms with van der Waals surface area (Å²) in [5, 5.41) is 10.7. The zero-order valence-electron chi connectivity index (χ0n) is 14.9. The zero-order valence-corrected chi connectivity index (χ0v) is 14.9. The van der Waals surface area contributed by atoms with Crippen LogP contribution in [-0.4, -0.2) is 20.2 Å². The summed E-state index contributed by atoms with van der Waals surface area (Å²) in [6.45, 7) is 1.97. The molecular formula is C22H24N2O2. The molecule has 1 aromatic carbocycles. The van der Waals surface area contributed by atoms with Crippen LogP contribution < -0.4 is 0 Å². The predicted molar refractivity (Wildman–Crippen MR) is 103 cm³/mol. The lowest BCUT2D eigenvalue weighted by atomic mass is 9.82. The van der Waals surface area contributed by atoms with E-state index in [4.69, 9.17) is 0 Å². The first-order valence-electron chi connectivity index (χ1n) is 9.79. The molecule has 5 rings (SSSR count). The molecule has 1 aliphatic heterocycles. The van der Waals surface area contributed by atoms with Gasteiger partial charge in [-0.1, -0.05) is 25.3 Å². The topological polar surface area (TPSA) is 47.2 Å². The fraction of sp³-hybridized carbons (Fsp3) is 0.409. The van der Waals surface area contributed by atoms with E-state index >= 15 is 0 Å². The van der Waals surface area contributed by atoms with Gasteiger partial charge in [-0.25, -0.2) is 4.79 Å².